The summed E-state index contributed by atoms with van der Waals surface area (Å²) in [4.78, 5) is 4.04. The Bertz CT molecular complexity index is 535. The molecule has 0 atom stereocenters. The number of pyridine rings is 1. The number of ether oxygens (including phenoxy) is 1. The van der Waals surface area contributed by atoms with Crippen molar-refractivity contribution in [2.24, 2.45) is 0 Å². The monoisotopic (exact) mass is 310 g/mol. The lowest BCUT2D eigenvalue weighted by atomic mass is 10.2. The topological polar surface area (TPSA) is 34.1 Å². The highest BCUT2D eigenvalue weighted by atomic mass is 35.5. The van der Waals surface area contributed by atoms with Gasteiger partial charge in [0.15, 0.2) is 0 Å². The third kappa shape index (κ3) is 5.00. The van der Waals surface area contributed by atoms with E-state index in [-0.39, 0.29) is 0 Å². The van der Waals surface area contributed by atoms with E-state index >= 15 is 0 Å². The van der Waals surface area contributed by atoms with Crippen LogP contribution in [0.2, 0.25) is 10.0 Å². The first kappa shape index (κ1) is 15.1. The van der Waals surface area contributed by atoms with Crippen molar-refractivity contribution in [3.8, 4) is 5.88 Å². The number of aromatic nitrogens is 1. The summed E-state index contributed by atoms with van der Waals surface area (Å²) in [6.45, 7) is 2.30. The Morgan fingerprint density at radius 3 is 2.70 bits per heavy atom. The molecule has 1 aromatic carbocycles. The van der Waals surface area contributed by atoms with E-state index in [2.05, 4.69) is 22.4 Å². The van der Waals surface area contributed by atoms with Crippen LogP contribution in [0, 0.1) is 0 Å². The Morgan fingerprint density at radius 2 is 1.95 bits per heavy atom. The van der Waals surface area contributed by atoms with Gasteiger partial charge in [0.25, 0.3) is 0 Å². The van der Waals surface area contributed by atoms with Crippen molar-refractivity contribution in [2.45, 2.75) is 13.0 Å². The van der Waals surface area contributed by atoms with Gasteiger partial charge in [-0.05, 0) is 24.6 Å². The second kappa shape index (κ2) is 8.10. The van der Waals surface area contributed by atoms with Gasteiger partial charge in [0, 0.05) is 12.7 Å². The van der Waals surface area contributed by atoms with E-state index in [1.165, 1.54) is 11.8 Å². The van der Waals surface area contributed by atoms with Gasteiger partial charge in [-0.2, -0.15) is 0 Å². The van der Waals surface area contributed by atoms with Gasteiger partial charge in [-0.25, -0.2) is 4.98 Å². The SMILES string of the molecule is Clc1cnc(OCCCNCc2ccccc2)c(Cl)c1. The number of rotatable bonds is 7. The molecule has 3 nitrogen and oxygen atoms in total. The smallest absolute Gasteiger partial charge is 0.232 e. The van der Waals surface area contributed by atoms with Gasteiger partial charge in [-0.15, -0.1) is 0 Å². The summed E-state index contributed by atoms with van der Waals surface area (Å²) in [5, 5.41) is 4.30. The lowest BCUT2D eigenvalue weighted by Gasteiger charge is -2.08. The molecule has 0 radical (unpaired) electrons. The molecule has 0 bridgehead atoms. The average molecular weight is 311 g/mol. The lowest BCUT2D eigenvalue weighted by Crippen LogP contribution is -2.17. The molecular weight excluding hydrogens is 295 g/mol. The van der Waals surface area contributed by atoms with Gasteiger partial charge in [-0.1, -0.05) is 53.5 Å². The van der Waals surface area contributed by atoms with E-state index < -0.39 is 0 Å². The van der Waals surface area contributed by atoms with Crippen LogP contribution in [0.5, 0.6) is 5.88 Å². The zero-order chi connectivity index (χ0) is 14.2. The Hall–Kier alpha value is -1.29. The molecule has 2 rings (SSSR count). The van der Waals surface area contributed by atoms with Gasteiger partial charge in [0.05, 0.1) is 11.6 Å². The fourth-order valence-corrected chi connectivity index (χ4v) is 2.14. The van der Waals surface area contributed by atoms with E-state index in [4.69, 9.17) is 27.9 Å². The minimum Gasteiger partial charge on any atom is -0.477 e. The van der Waals surface area contributed by atoms with Crippen LogP contribution in [0.15, 0.2) is 42.6 Å². The maximum absolute atomic E-state index is 5.96. The first-order valence-corrected chi connectivity index (χ1v) is 7.20. The summed E-state index contributed by atoms with van der Waals surface area (Å²) in [6, 6.07) is 11.9. The highest BCUT2D eigenvalue weighted by Gasteiger charge is 2.03. The summed E-state index contributed by atoms with van der Waals surface area (Å²) >= 11 is 11.7. The van der Waals surface area contributed by atoms with Crippen molar-refractivity contribution < 1.29 is 4.74 Å². The molecule has 106 valence electrons. The Balaban J connectivity index is 1.62. The minimum atomic E-state index is 0.430. The molecule has 0 aliphatic heterocycles. The van der Waals surface area contributed by atoms with Crippen molar-refractivity contribution in [1.29, 1.82) is 0 Å². The number of nitrogens with zero attached hydrogens (tertiary/aromatic N) is 1. The fraction of sp³-hybridized carbons (Fsp3) is 0.267. The van der Waals surface area contributed by atoms with Crippen molar-refractivity contribution in [3.05, 3.63) is 58.2 Å². The van der Waals surface area contributed by atoms with Crippen molar-refractivity contribution >= 4 is 23.2 Å². The van der Waals surface area contributed by atoms with Gasteiger partial charge >= 0.3 is 0 Å². The summed E-state index contributed by atoms with van der Waals surface area (Å²) < 4.78 is 5.50. The van der Waals surface area contributed by atoms with Crippen molar-refractivity contribution in [1.82, 2.24) is 10.3 Å². The van der Waals surface area contributed by atoms with Crippen LogP contribution in [-0.4, -0.2) is 18.1 Å². The quantitative estimate of drug-likeness (QED) is 0.786. The highest BCUT2D eigenvalue weighted by molar-refractivity contribution is 6.35. The summed E-state index contributed by atoms with van der Waals surface area (Å²) in [7, 11) is 0. The molecule has 0 unspecified atom stereocenters. The molecule has 0 fully saturated rings. The summed E-state index contributed by atoms with van der Waals surface area (Å²) in [6.07, 6.45) is 2.41. The zero-order valence-corrected chi connectivity index (χ0v) is 12.5. The second-order valence-corrected chi connectivity index (χ2v) is 5.15. The molecular formula is C15H16Cl2N2O. The molecule has 0 saturated heterocycles. The number of hydrogen-bond acceptors (Lipinski definition) is 3. The Labute approximate surface area is 128 Å². The van der Waals surface area contributed by atoms with E-state index in [9.17, 15) is 0 Å². The number of halogens is 2. The van der Waals surface area contributed by atoms with Crippen molar-refractivity contribution in [3.63, 3.8) is 0 Å². The zero-order valence-electron chi connectivity index (χ0n) is 11.0. The standard InChI is InChI=1S/C15H16Cl2N2O/c16-13-9-14(17)15(19-11-13)20-8-4-7-18-10-12-5-2-1-3-6-12/h1-3,5-6,9,11,18H,4,7-8,10H2. The molecule has 0 aliphatic rings. The van der Waals surface area contributed by atoms with Crippen LogP contribution < -0.4 is 10.1 Å². The second-order valence-electron chi connectivity index (χ2n) is 4.30. The van der Waals surface area contributed by atoms with Crippen LogP contribution in [0.3, 0.4) is 0 Å². The largest absolute Gasteiger partial charge is 0.477 e. The lowest BCUT2D eigenvalue weighted by molar-refractivity contribution is 0.297. The van der Waals surface area contributed by atoms with Crippen LogP contribution in [0.1, 0.15) is 12.0 Å². The third-order valence-corrected chi connectivity index (χ3v) is 3.16. The van der Waals surface area contributed by atoms with Crippen LogP contribution in [-0.2, 0) is 6.54 Å². The normalized spacial score (nSPS) is 10.5. The third-order valence-electron chi connectivity index (χ3n) is 2.68. The van der Waals surface area contributed by atoms with E-state index in [0.29, 0.717) is 22.5 Å². The first-order valence-electron chi connectivity index (χ1n) is 6.44. The molecule has 20 heavy (non-hydrogen) atoms. The van der Waals surface area contributed by atoms with E-state index in [1.807, 2.05) is 18.2 Å². The molecule has 0 spiro atoms. The molecule has 1 heterocycles. The average Bonchev–Trinajstić information content (AvgIpc) is 2.46. The predicted octanol–water partition coefficient (Wildman–Crippen LogP) is 3.95. The molecule has 1 aromatic heterocycles. The molecule has 0 aliphatic carbocycles. The van der Waals surface area contributed by atoms with Gasteiger partial charge in [-0.3, -0.25) is 0 Å². The number of nitrogens with one attached hydrogen (secondary N) is 1. The summed E-state index contributed by atoms with van der Waals surface area (Å²) in [5.41, 5.74) is 1.27. The molecule has 2 aromatic rings. The van der Waals surface area contributed by atoms with Gasteiger partial charge < -0.3 is 10.1 Å². The van der Waals surface area contributed by atoms with Crippen LogP contribution >= 0.6 is 23.2 Å². The predicted molar refractivity (Wildman–Crippen MR) is 82.5 cm³/mol. The maximum Gasteiger partial charge on any atom is 0.232 e. The van der Waals surface area contributed by atoms with Crippen LogP contribution in [0.4, 0.5) is 0 Å². The van der Waals surface area contributed by atoms with Crippen LogP contribution in [0.25, 0.3) is 0 Å². The van der Waals surface area contributed by atoms with Gasteiger partial charge in [0.2, 0.25) is 5.88 Å². The Morgan fingerprint density at radius 1 is 1.15 bits per heavy atom. The van der Waals surface area contributed by atoms with Crippen molar-refractivity contribution in [2.75, 3.05) is 13.2 Å². The fourth-order valence-electron chi connectivity index (χ4n) is 1.70. The highest BCUT2D eigenvalue weighted by Crippen LogP contribution is 2.24. The molecule has 1 N–H and O–H groups in total. The number of hydrogen-bond donors (Lipinski definition) is 1. The first-order chi connectivity index (χ1) is 9.75. The molecule has 5 heteroatoms. The minimum absolute atomic E-state index is 0.430. The molecule has 0 saturated carbocycles. The molecule has 0 amide bonds. The van der Waals surface area contributed by atoms with Gasteiger partial charge in [0.1, 0.15) is 5.02 Å². The van der Waals surface area contributed by atoms with E-state index in [1.54, 1.807) is 6.07 Å². The number of benzene rings is 1. The maximum atomic E-state index is 5.96. The van der Waals surface area contributed by atoms with E-state index in [0.717, 1.165) is 19.5 Å². The summed E-state index contributed by atoms with van der Waals surface area (Å²) in [5.74, 6) is 0.430. The Kier molecular flexibility index (Phi) is 6.12.